The van der Waals surface area contributed by atoms with Crippen molar-refractivity contribution in [2.75, 3.05) is 26.8 Å². The Balaban J connectivity index is 1.11. The lowest BCUT2D eigenvalue weighted by Crippen LogP contribution is -2.68. The molecule has 1 amide bonds. The van der Waals surface area contributed by atoms with Gasteiger partial charge in [-0.3, -0.25) is 14.4 Å². The van der Waals surface area contributed by atoms with Crippen molar-refractivity contribution < 1.29 is 51.7 Å². The summed E-state index contributed by atoms with van der Waals surface area (Å²) in [5.74, 6) is -1.36. The van der Waals surface area contributed by atoms with Crippen LogP contribution in [0, 0.1) is 44.3 Å². The van der Waals surface area contributed by atoms with E-state index < -0.39 is 61.9 Å². The highest BCUT2D eigenvalue weighted by molar-refractivity contribution is 6.33. The Morgan fingerprint density at radius 1 is 0.951 bits per heavy atom. The van der Waals surface area contributed by atoms with Crippen LogP contribution in [0.2, 0.25) is 5.02 Å². The highest BCUT2D eigenvalue weighted by Crippen LogP contribution is 2.78. The SMILES string of the molecule is COCCCN(C[C@]1(O)CC[C@H]2[C@]34C=C[C@@]5(C=C3C(=O)c3ccc(-c6cc(C(F)(F)F)ccc6Cl)o3)CC(O)CC[C@]5(C)[C@H]4CC[C@@]21C)C(=O)[C@@]12CC[C@@](C)(C(=O)O1)C2(C)C. The number of Topliss-reactive ketones (excluding diaryl/α,β-unsaturated/α-hetero) is 1. The van der Waals surface area contributed by atoms with E-state index in [9.17, 15) is 28.2 Å². The number of ether oxygens (including phenoxy) is 2. The number of benzene rings is 1. The van der Waals surface area contributed by atoms with E-state index >= 15 is 9.59 Å². The summed E-state index contributed by atoms with van der Waals surface area (Å²) in [5, 5.41) is 24.5. The molecule has 7 aliphatic carbocycles. The zero-order valence-corrected chi connectivity index (χ0v) is 36.6. The van der Waals surface area contributed by atoms with E-state index in [1.54, 1.807) is 12.0 Å². The molecular weight excluding hydrogens is 811 g/mol. The summed E-state index contributed by atoms with van der Waals surface area (Å²) in [4.78, 5) is 45.3. The Bertz CT molecular complexity index is 2270. The zero-order valence-electron chi connectivity index (χ0n) is 35.8. The van der Waals surface area contributed by atoms with Crippen LogP contribution in [0.5, 0.6) is 0 Å². The normalized spacial score (nSPS) is 40.3. The number of hydrogen-bond acceptors (Lipinski definition) is 8. The fourth-order valence-corrected chi connectivity index (χ4v) is 14.4. The van der Waals surface area contributed by atoms with Crippen molar-refractivity contribution in [2.24, 2.45) is 44.3 Å². The summed E-state index contributed by atoms with van der Waals surface area (Å²) in [6, 6.07) is 5.94. The van der Waals surface area contributed by atoms with Gasteiger partial charge in [-0.05, 0) is 119 Å². The van der Waals surface area contributed by atoms with Crippen LogP contribution in [0.3, 0.4) is 0 Å². The molecule has 9 nitrogen and oxygen atoms in total. The van der Waals surface area contributed by atoms with E-state index in [2.05, 4.69) is 26.0 Å². The smallest absolute Gasteiger partial charge is 0.416 e. The zero-order chi connectivity index (χ0) is 44.0. The van der Waals surface area contributed by atoms with Crippen LogP contribution in [0.25, 0.3) is 11.3 Å². The molecule has 2 spiro atoms. The lowest BCUT2D eigenvalue weighted by molar-refractivity contribution is -0.187. The van der Waals surface area contributed by atoms with Gasteiger partial charge >= 0.3 is 12.1 Å². The molecule has 10 rings (SSSR count). The van der Waals surface area contributed by atoms with Crippen LogP contribution >= 0.6 is 11.6 Å². The Morgan fingerprint density at radius 3 is 2.33 bits per heavy atom. The molecule has 0 radical (unpaired) electrons. The summed E-state index contributed by atoms with van der Waals surface area (Å²) in [7, 11) is 1.60. The first kappa shape index (κ1) is 42.8. The minimum Gasteiger partial charge on any atom is -0.453 e. The van der Waals surface area contributed by atoms with E-state index in [-0.39, 0.29) is 57.8 Å². The molecule has 330 valence electrons. The van der Waals surface area contributed by atoms with Gasteiger partial charge in [0.1, 0.15) is 5.76 Å². The standard InChI is InChI=1S/C48H57ClF3NO8/c1-40(2)43(5)18-21-47(40,61-39(43)57)38(56)53(22-7-23-59-6)27-45(58)17-14-36-42(45,4)16-13-35-41(3)15-12-29(54)25-44(41)19-20-46(35,36)31(26-44)37(55)34-11-10-33(60-34)30-24-28(48(50,51)52)8-9-32(30)49/h8-11,19-20,24,26,29,35-36,54,58H,7,12-18,21-23,25,27H2,1-6H3/t29?,35-,36-,41-,42+,43+,44+,45-,46-,47-/m1/s1. The molecule has 2 heterocycles. The van der Waals surface area contributed by atoms with E-state index in [0.717, 1.165) is 24.6 Å². The number of furan rings is 1. The Labute approximate surface area is 360 Å². The number of methoxy groups -OCH3 is 1. The minimum absolute atomic E-state index is 0.0127. The lowest BCUT2D eigenvalue weighted by atomic mass is 9.32. The highest BCUT2D eigenvalue weighted by Gasteiger charge is 2.78. The lowest BCUT2D eigenvalue weighted by Gasteiger charge is -2.71. The molecule has 4 saturated carbocycles. The number of amides is 1. The first-order valence-corrected chi connectivity index (χ1v) is 22.2. The number of carbonyl (C=O) groups excluding carboxylic acids is 3. The summed E-state index contributed by atoms with van der Waals surface area (Å²) in [6.07, 6.45) is 6.70. The number of fused-ring (bicyclic) bond motifs is 3. The first-order valence-electron chi connectivity index (χ1n) is 21.9. The van der Waals surface area contributed by atoms with Crippen molar-refractivity contribution in [3.05, 3.63) is 70.5 Å². The third kappa shape index (κ3) is 5.46. The monoisotopic (exact) mass is 867 g/mol. The van der Waals surface area contributed by atoms with Crippen LogP contribution in [-0.4, -0.2) is 76.9 Å². The van der Waals surface area contributed by atoms with Crippen LogP contribution in [-0.2, 0) is 25.2 Å². The highest BCUT2D eigenvalue weighted by atomic mass is 35.5. The van der Waals surface area contributed by atoms with Crippen LogP contribution in [0.1, 0.15) is 115 Å². The Hall–Kier alpha value is -3.45. The fraction of sp³-hybridized carbons (Fsp3) is 0.646. The van der Waals surface area contributed by atoms with Gasteiger partial charge in [-0.1, -0.05) is 57.5 Å². The second-order valence-electron chi connectivity index (χ2n) is 20.7. The largest absolute Gasteiger partial charge is 0.453 e. The fourth-order valence-electron chi connectivity index (χ4n) is 14.2. The van der Waals surface area contributed by atoms with Crippen LogP contribution < -0.4 is 0 Å². The van der Waals surface area contributed by atoms with Gasteiger partial charge in [0.15, 0.2) is 11.4 Å². The van der Waals surface area contributed by atoms with Gasteiger partial charge < -0.3 is 29.0 Å². The predicted molar refractivity (Wildman–Crippen MR) is 220 cm³/mol. The number of esters is 1. The van der Waals surface area contributed by atoms with Crippen molar-refractivity contribution in [1.29, 1.82) is 0 Å². The molecule has 5 fully saturated rings. The average Bonchev–Trinajstić information content (AvgIpc) is 3.88. The molecule has 13 heteroatoms. The molecule has 1 unspecified atom stereocenters. The van der Waals surface area contributed by atoms with Crippen molar-refractivity contribution in [3.8, 4) is 11.3 Å². The Morgan fingerprint density at radius 2 is 1.66 bits per heavy atom. The molecule has 1 aromatic carbocycles. The van der Waals surface area contributed by atoms with Crippen molar-refractivity contribution >= 4 is 29.3 Å². The number of aliphatic hydroxyl groups is 2. The molecule has 1 aromatic heterocycles. The minimum atomic E-state index is -4.61. The molecule has 2 N–H and O–H groups in total. The predicted octanol–water partition coefficient (Wildman–Crippen LogP) is 9.38. The number of nitrogens with zero attached hydrogens (tertiary/aromatic N) is 1. The Kier molecular flexibility index (Phi) is 9.50. The number of hydrogen-bond donors (Lipinski definition) is 2. The number of alkyl halides is 3. The average molecular weight is 868 g/mol. The second kappa shape index (κ2) is 13.5. The van der Waals surface area contributed by atoms with Crippen molar-refractivity contribution in [1.82, 2.24) is 4.90 Å². The number of carbonyl (C=O) groups is 3. The molecule has 8 aliphatic rings. The van der Waals surface area contributed by atoms with Crippen LogP contribution in [0.15, 0.2) is 58.6 Å². The van der Waals surface area contributed by atoms with Gasteiger partial charge in [0, 0.05) is 53.1 Å². The second-order valence-corrected chi connectivity index (χ2v) is 21.1. The molecule has 1 saturated heterocycles. The number of aliphatic hydroxyl groups excluding tert-OH is 1. The van der Waals surface area contributed by atoms with E-state index in [4.69, 9.17) is 25.5 Å². The summed E-state index contributed by atoms with van der Waals surface area (Å²) >= 11 is 6.41. The topological polar surface area (TPSA) is 127 Å². The van der Waals surface area contributed by atoms with Crippen LogP contribution in [0.4, 0.5) is 13.2 Å². The molecule has 10 atom stereocenters. The number of rotatable bonds is 10. The maximum absolute atomic E-state index is 15.2. The summed E-state index contributed by atoms with van der Waals surface area (Å²) in [6.45, 7) is 10.8. The number of allylic oxidation sites excluding steroid dienone is 4. The van der Waals surface area contributed by atoms with Gasteiger partial charge in [-0.2, -0.15) is 13.2 Å². The maximum Gasteiger partial charge on any atom is 0.416 e. The first-order chi connectivity index (χ1) is 28.5. The molecule has 4 bridgehead atoms. The van der Waals surface area contributed by atoms with E-state index in [1.165, 1.54) is 12.1 Å². The maximum atomic E-state index is 15.2. The molecule has 61 heavy (non-hydrogen) atoms. The van der Waals surface area contributed by atoms with Gasteiger partial charge in [0.25, 0.3) is 5.91 Å². The van der Waals surface area contributed by atoms with Crippen molar-refractivity contribution in [2.45, 2.75) is 122 Å². The molecule has 2 aromatic rings. The number of halogens is 4. The van der Waals surface area contributed by atoms with Gasteiger partial charge in [-0.15, -0.1) is 0 Å². The quantitative estimate of drug-likeness (QED) is 0.105. The van der Waals surface area contributed by atoms with Gasteiger partial charge in [-0.25, -0.2) is 0 Å². The molecular formula is C48H57ClF3NO8. The van der Waals surface area contributed by atoms with E-state index in [1.807, 2.05) is 26.8 Å². The third-order valence-corrected chi connectivity index (χ3v) is 18.6. The van der Waals surface area contributed by atoms with Crippen molar-refractivity contribution in [3.63, 3.8) is 0 Å². The van der Waals surface area contributed by atoms with Gasteiger partial charge in [0.05, 0.1) is 34.3 Å². The third-order valence-electron chi connectivity index (χ3n) is 18.3. The summed E-state index contributed by atoms with van der Waals surface area (Å²) < 4.78 is 58.9. The number of ketones is 1. The van der Waals surface area contributed by atoms with E-state index in [0.29, 0.717) is 76.5 Å². The molecule has 1 aliphatic heterocycles. The summed E-state index contributed by atoms with van der Waals surface area (Å²) in [5.41, 5.74) is -7.31. The van der Waals surface area contributed by atoms with Gasteiger partial charge in [0.2, 0.25) is 5.78 Å².